The molecule has 0 bridgehead atoms. The van der Waals surface area contributed by atoms with Gasteiger partial charge >= 0.3 is 0 Å². The number of halogens is 1. The summed E-state index contributed by atoms with van der Waals surface area (Å²) >= 11 is 1.94. The van der Waals surface area contributed by atoms with Gasteiger partial charge in [-0.15, -0.1) is 0 Å². The Morgan fingerprint density at radius 3 is 1.25 bits per heavy atom. The Kier molecular flexibility index (Phi) is 11.4. The minimum Gasteiger partial charge on any atom is -0.392 e. The number of aliphatic hydroxyl groups excluding tert-OH is 4. The van der Waals surface area contributed by atoms with E-state index in [9.17, 15) is 20.4 Å². The number of hydrogen-bond acceptors (Lipinski definition) is 6. The maximum atomic E-state index is 9.47. The van der Waals surface area contributed by atoms with Crippen LogP contribution in [-0.4, -0.2) is 91.9 Å². The first-order valence-corrected chi connectivity index (χ1v) is 8.26. The fourth-order valence-corrected chi connectivity index (χ4v) is 2.69. The molecule has 20 heavy (non-hydrogen) atoms. The van der Waals surface area contributed by atoms with E-state index >= 15 is 0 Å². The summed E-state index contributed by atoms with van der Waals surface area (Å²) in [7, 11) is 0. The second kappa shape index (κ2) is 11.1. The molecule has 0 heterocycles. The van der Waals surface area contributed by atoms with Gasteiger partial charge in [-0.25, -0.2) is 0 Å². The van der Waals surface area contributed by atoms with Crippen molar-refractivity contribution >= 4 is 22.6 Å². The summed E-state index contributed by atoms with van der Waals surface area (Å²) in [5.74, 6) is 0. The molecule has 0 saturated carbocycles. The first kappa shape index (κ1) is 20.5. The summed E-state index contributed by atoms with van der Waals surface area (Å²) in [4.78, 5) is 3.98. The average Bonchev–Trinajstić information content (AvgIpc) is 2.22. The van der Waals surface area contributed by atoms with E-state index in [-0.39, 0.29) is 0 Å². The molecule has 0 spiro atoms. The predicted octanol–water partition coefficient (Wildman–Crippen LogP) is -0.514. The summed E-state index contributed by atoms with van der Waals surface area (Å²) in [5, 5.41) is 37.9. The van der Waals surface area contributed by atoms with Crippen LogP contribution >= 0.6 is 22.6 Å². The zero-order chi connectivity index (χ0) is 15.7. The fraction of sp³-hybridized carbons (Fsp3) is 1.00. The van der Waals surface area contributed by atoms with E-state index in [1.807, 2.05) is 32.4 Å². The minimum atomic E-state index is -0.478. The van der Waals surface area contributed by atoms with E-state index in [0.717, 1.165) is 0 Å². The van der Waals surface area contributed by atoms with Crippen LogP contribution in [0, 0.1) is 0 Å². The Hall–Kier alpha value is 0.490. The van der Waals surface area contributed by atoms with Crippen LogP contribution in [0.1, 0.15) is 20.8 Å². The second-order valence-electron chi connectivity index (χ2n) is 5.50. The number of aliphatic hydroxyl groups is 4. The molecular formula is C13H29IN2O4. The smallest absolute Gasteiger partial charge is 0.117 e. The van der Waals surface area contributed by atoms with Gasteiger partial charge in [0.1, 0.15) is 4.11 Å². The van der Waals surface area contributed by atoms with Gasteiger partial charge in [-0.3, -0.25) is 9.80 Å². The van der Waals surface area contributed by atoms with E-state index in [1.54, 1.807) is 20.8 Å². The van der Waals surface area contributed by atoms with Gasteiger partial charge in [-0.1, -0.05) is 22.6 Å². The van der Waals surface area contributed by atoms with Gasteiger partial charge in [0.2, 0.25) is 0 Å². The summed E-state index contributed by atoms with van der Waals surface area (Å²) in [6, 6.07) is 0. The molecule has 4 N–H and O–H groups in total. The molecule has 6 nitrogen and oxygen atoms in total. The molecule has 0 aromatic carbocycles. The van der Waals surface area contributed by atoms with Gasteiger partial charge in [-0.2, -0.15) is 0 Å². The molecule has 0 aliphatic rings. The van der Waals surface area contributed by atoms with Gasteiger partial charge in [0.15, 0.2) is 0 Å². The SMILES string of the molecule is CC(O)CN(CCN(CC(C)O)CC(O)I)CC(C)O. The average molecular weight is 404 g/mol. The third kappa shape index (κ3) is 12.2. The van der Waals surface area contributed by atoms with Crippen LogP contribution in [0.3, 0.4) is 0 Å². The highest BCUT2D eigenvalue weighted by atomic mass is 127. The first-order chi connectivity index (χ1) is 9.20. The molecule has 0 aliphatic carbocycles. The molecule has 0 radical (unpaired) electrons. The number of alkyl halides is 1. The number of rotatable bonds is 11. The highest BCUT2D eigenvalue weighted by molar-refractivity contribution is 14.1. The van der Waals surface area contributed by atoms with Crippen LogP contribution in [-0.2, 0) is 0 Å². The highest BCUT2D eigenvalue weighted by Gasteiger charge is 2.15. The van der Waals surface area contributed by atoms with Crippen LogP contribution in [0.4, 0.5) is 0 Å². The first-order valence-electron chi connectivity index (χ1n) is 7.01. The van der Waals surface area contributed by atoms with Gasteiger partial charge in [-0.05, 0) is 20.8 Å². The van der Waals surface area contributed by atoms with Crippen molar-refractivity contribution in [1.29, 1.82) is 0 Å². The Morgan fingerprint density at radius 2 is 1.00 bits per heavy atom. The Bertz CT molecular complexity index is 196. The van der Waals surface area contributed by atoms with Gasteiger partial charge in [0.05, 0.1) is 18.3 Å². The van der Waals surface area contributed by atoms with Gasteiger partial charge in [0, 0.05) is 39.3 Å². The second-order valence-corrected chi connectivity index (χ2v) is 6.94. The minimum absolute atomic E-state index is 0.450. The standard InChI is InChI=1S/C13H29IN2O4/c1-10(17)6-15(7-11(2)18)4-5-16(8-12(3)19)9-13(14)20/h10-13,17-20H,4-9H2,1-3H3. The lowest BCUT2D eigenvalue weighted by Gasteiger charge is -2.30. The molecule has 0 aliphatic heterocycles. The zero-order valence-corrected chi connectivity index (χ0v) is 14.8. The molecule has 4 unspecified atom stereocenters. The van der Waals surface area contributed by atoms with Crippen LogP contribution in [0.5, 0.6) is 0 Å². The maximum absolute atomic E-state index is 9.47. The lowest BCUT2D eigenvalue weighted by atomic mass is 10.3. The molecule has 4 atom stereocenters. The summed E-state index contributed by atoms with van der Waals surface area (Å²) in [6.07, 6.45) is -1.35. The topological polar surface area (TPSA) is 87.4 Å². The van der Waals surface area contributed by atoms with Crippen molar-refractivity contribution in [2.75, 3.05) is 39.3 Å². The van der Waals surface area contributed by atoms with Gasteiger partial charge < -0.3 is 20.4 Å². The van der Waals surface area contributed by atoms with E-state index in [1.165, 1.54) is 0 Å². The molecule has 0 fully saturated rings. The normalized spacial score (nSPS) is 18.3. The predicted molar refractivity (Wildman–Crippen MR) is 87.9 cm³/mol. The van der Waals surface area contributed by atoms with Crippen molar-refractivity contribution in [3.63, 3.8) is 0 Å². The third-order valence-electron chi connectivity index (χ3n) is 2.71. The monoisotopic (exact) mass is 404 g/mol. The Balaban J connectivity index is 4.35. The van der Waals surface area contributed by atoms with Crippen LogP contribution in [0.25, 0.3) is 0 Å². The van der Waals surface area contributed by atoms with Crippen LogP contribution in [0.15, 0.2) is 0 Å². The lowest BCUT2D eigenvalue weighted by Crippen LogP contribution is -2.44. The van der Waals surface area contributed by atoms with E-state index < -0.39 is 22.4 Å². The summed E-state index contributed by atoms with van der Waals surface area (Å²) in [6.45, 7) is 8.49. The lowest BCUT2D eigenvalue weighted by molar-refractivity contribution is 0.0631. The van der Waals surface area contributed by atoms with Crippen LogP contribution in [0.2, 0.25) is 0 Å². The van der Waals surface area contributed by atoms with Crippen molar-refractivity contribution in [2.24, 2.45) is 0 Å². The highest BCUT2D eigenvalue weighted by Crippen LogP contribution is 2.03. The molecule has 0 rings (SSSR count). The van der Waals surface area contributed by atoms with E-state index in [4.69, 9.17) is 0 Å². The molecule has 7 heteroatoms. The van der Waals surface area contributed by atoms with Crippen molar-refractivity contribution in [1.82, 2.24) is 9.80 Å². The maximum Gasteiger partial charge on any atom is 0.117 e. The number of hydrogen-bond donors (Lipinski definition) is 4. The quantitative estimate of drug-likeness (QED) is 0.274. The Morgan fingerprint density at radius 1 is 0.700 bits per heavy atom. The van der Waals surface area contributed by atoms with Crippen LogP contribution < -0.4 is 0 Å². The molecular weight excluding hydrogens is 375 g/mol. The molecule has 0 amide bonds. The third-order valence-corrected chi connectivity index (χ3v) is 3.10. The van der Waals surface area contributed by atoms with Crippen molar-refractivity contribution in [3.05, 3.63) is 0 Å². The Labute approximate surface area is 135 Å². The number of nitrogens with zero attached hydrogens (tertiary/aromatic N) is 2. The fourth-order valence-electron chi connectivity index (χ4n) is 2.13. The van der Waals surface area contributed by atoms with Crippen molar-refractivity contribution < 1.29 is 20.4 Å². The zero-order valence-electron chi connectivity index (χ0n) is 12.6. The summed E-state index contributed by atoms with van der Waals surface area (Å²) in [5.41, 5.74) is 0. The molecule has 0 aromatic rings. The largest absolute Gasteiger partial charge is 0.392 e. The van der Waals surface area contributed by atoms with E-state index in [0.29, 0.717) is 39.3 Å². The molecule has 0 saturated heterocycles. The van der Waals surface area contributed by atoms with Crippen molar-refractivity contribution in [2.45, 2.75) is 43.2 Å². The van der Waals surface area contributed by atoms with E-state index in [2.05, 4.69) is 0 Å². The van der Waals surface area contributed by atoms with Crippen molar-refractivity contribution in [3.8, 4) is 0 Å². The molecule has 0 aromatic heterocycles. The summed E-state index contributed by atoms with van der Waals surface area (Å²) < 4.78 is -0.478. The van der Waals surface area contributed by atoms with Gasteiger partial charge in [0.25, 0.3) is 0 Å². The molecule has 122 valence electrons.